The van der Waals surface area contributed by atoms with Crippen molar-refractivity contribution in [3.63, 3.8) is 0 Å². The molecule has 0 atom stereocenters. The summed E-state index contributed by atoms with van der Waals surface area (Å²) >= 11 is 0. The third-order valence-electron chi connectivity index (χ3n) is 2.47. The van der Waals surface area contributed by atoms with Gasteiger partial charge >= 0.3 is 0 Å². The van der Waals surface area contributed by atoms with E-state index >= 15 is 0 Å². The van der Waals surface area contributed by atoms with Crippen LogP contribution in [-0.4, -0.2) is 54.3 Å². The third-order valence-corrected chi connectivity index (χ3v) is 2.47. The number of rotatable bonds is 7. The molecule has 1 heterocycles. The predicted molar refractivity (Wildman–Crippen MR) is 63.5 cm³/mol. The maximum atomic E-state index is 8.73. The smallest absolute Gasteiger partial charge is 0.100 e. The molecule has 94 valence electrons. The lowest BCUT2D eigenvalue weighted by atomic mass is 10.2. The zero-order chi connectivity index (χ0) is 12.7. The Labute approximate surface area is 102 Å². The maximum absolute atomic E-state index is 8.73. The maximum Gasteiger partial charge on any atom is 0.100 e. The Balaban J connectivity index is 2.77. The molecule has 1 aromatic rings. The van der Waals surface area contributed by atoms with Crippen LogP contribution < -0.4 is 0 Å². The van der Waals surface area contributed by atoms with Crippen LogP contribution in [0.25, 0.3) is 0 Å². The van der Waals surface area contributed by atoms with Crippen molar-refractivity contribution in [2.45, 2.75) is 19.4 Å². The number of hydrogen-bond acceptors (Lipinski definition) is 5. The standard InChI is InChI=1S/C11H19N5O/c1-15(2)7-8-16-11(5-9-17-3)10(4-6-12)13-14-16/h4-5,7-9H2,1-3H3. The van der Waals surface area contributed by atoms with Crippen LogP contribution >= 0.6 is 0 Å². The molecule has 0 saturated heterocycles. The fourth-order valence-electron chi connectivity index (χ4n) is 1.53. The number of likely N-dealkylation sites (N-methyl/N-ethyl adjacent to an activating group) is 1. The molecular weight excluding hydrogens is 218 g/mol. The Morgan fingerprint density at radius 2 is 2.24 bits per heavy atom. The highest BCUT2D eigenvalue weighted by Gasteiger charge is 2.12. The van der Waals surface area contributed by atoms with Crippen LogP contribution in [0.3, 0.4) is 0 Å². The summed E-state index contributed by atoms with van der Waals surface area (Å²) in [4.78, 5) is 2.09. The normalized spacial score (nSPS) is 10.8. The van der Waals surface area contributed by atoms with E-state index in [1.807, 2.05) is 18.8 Å². The Morgan fingerprint density at radius 3 is 2.82 bits per heavy atom. The first-order chi connectivity index (χ1) is 8.19. The molecule has 0 aliphatic carbocycles. The first kappa shape index (κ1) is 13.6. The van der Waals surface area contributed by atoms with Gasteiger partial charge in [-0.2, -0.15) is 5.26 Å². The molecular formula is C11H19N5O. The summed E-state index contributed by atoms with van der Waals surface area (Å²) in [6, 6.07) is 2.11. The average Bonchev–Trinajstić information content (AvgIpc) is 2.67. The van der Waals surface area contributed by atoms with E-state index in [-0.39, 0.29) is 0 Å². The second-order valence-electron chi connectivity index (χ2n) is 4.09. The monoisotopic (exact) mass is 237 g/mol. The summed E-state index contributed by atoms with van der Waals surface area (Å²) in [5.74, 6) is 0. The zero-order valence-electron chi connectivity index (χ0n) is 10.7. The minimum absolute atomic E-state index is 0.307. The van der Waals surface area contributed by atoms with Gasteiger partial charge in [0, 0.05) is 20.1 Å². The summed E-state index contributed by atoms with van der Waals surface area (Å²) in [6.07, 6.45) is 1.05. The molecule has 0 aliphatic rings. The van der Waals surface area contributed by atoms with E-state index in [4.69, 9.17) is 10.00 Å². The van der Waals surface area contributed by atoms with Gasteiger partial charge in [-0.3, -0.25) is 0 Å². The number of methoxy groups -OCH3 is 1. The van der Waals surface area contributed by atoms with Gasteiger partial charge in [0.2, 0.25) is 0 Å². The molecule has 17 heavy (non-hydrogen) atoms. The minimum atomic E-state index is 0.307. The van der Waals surface area contributed by atoms with Crippen molar-refractivity contribution in [2.75, 3.05) is 34.4 Å². The molecule has 0 aliphatic heterocycles. The Bertz CT molecular complexity index is 380. The molecule has 6 heteroatoms. The molecule has 0 amide bonds. The molecule has 0 fully saturated rings. The summed E-state index contributed by atoms with van der Waals surface area (Å²) in [7, 11) is 5.70. The number of nitrogens with zero attached hydrogens (tertiary/aromatic N) is 5. The first-order valence-electron chi connectivity index (χ1n) is 5.61. The zero-order valence-corrected chi connectivity index (χ0v) is 10.7. The highest BCUT2D eigenvalue weighted by molar-refractivity contribution is 5.14. The van der Waals surface area contributed by atoms with Gasteiger partial charge in [-0.15, -0.1) is 5.10 Å². The Kier molecular flexibility index (Phi) is 5.60. The van der Waals surface area contributed by atoms with Crippen LogP contribution in [0.2, 0.25) is 0 Å². The number of ether oxygens (including phenoxy) is 1. The van der Waals surface area contributed by atoms with Gasteiger partial charge in [0.1, 0.15) is 5.69 Å². The quantitative estimate of drug-likeness (QED) is 0.672. The van der Waals surface area contributed by atoms with Crippen LogP contribution in [0.5, 0.6) is 0 Å². The Morgan fingerprint density at radius 1 is 1.47 bits per heavy atom. The van der Waals surface area contributed by atoms with Crippen molar-refractivity contribution < 1.29 is 4.74 Å². The fourth-order valence-corrected chi connectivity index (χ4v) is 1.53. The van der Waals surface area contributed by atoms with E-state index in [1.165, 1.54) is 0 Å². The van der Waals surface area contributed by atoms with Gasteiger partial charge in [0.15, 0.2) is 0 Å². The first-order valence-corrected chi connectivity index (χ1v) is 5.61. The fraction of sp³-hybridized carbons (Fsp3) is 0.727. The van der Waals surface area contributed by atoms with Crippen molar-refractivity contribution in [3.8, 4) is 6.07 Å². The third kappa shape index (κ3) is 4.13. The van der Waals surface area contributed by atoms with Gasteiger partial charge < -0.3 is 9.64 Å². The van der Waals surface area contributed by atoms with E-state index in [9.17, 15) is 0 Å². The largest absolute Gasteiger partial charge is 0.384 e. The molecule has 1 aromatic heterocycles. The average molecular weight is 237 g/mol. The molecule has 0 spiro atoms. The van der Waals surface area contributed by atoms with Gasteiger partial charge in [0.25, 0.3) is 0 Å². The molecule has 0 unspecified atom stereocenters. The molecule has 0 N–H and O–H groups in total. The summed E-state index contributed by atoms with van der Waals surface area (Å²) in [5, 5.41) is 16.9. The lowest BCUT2D eigenvalue weighted by Crippen LogP contribution is -2.20. The second kappa shape index (κ2) is 6.99. The molecule has 0 radical (unpaired) electrons. The van der Waals surface area contributed by atoms with E-state index in [1.54, 1.807) is 7.11 Å². The van der Waals surface area contributed by atoms with Crippen LogP contribution in [0, 0.1) is 11.3 Å². The number of hydrogen-bond donors (Lipinski definition) is 0. The van der Waals surface area contributed by atoms with Gasteiger partial charge in [-0.1, -0.05) is 5.21 Å². The van der Waals surface area contributed by atoms with Crippen molar-refractivity contribution >= 4 is 0 Å². The summed E-state index contributed by atoms with van der Waals surface area (Å²) in [6.45, 7) is 2.30. The van der Waals surface area contributed by atoms with Crippen molar-refractivity contribution in [2.24, 2.45) is 0 Å². The number of nitriles is 1. The van der Waals surface area contributed by atoms with Crippen molar-refractivity contribution in [3.05, 3.63) is 11.4 Å². The van der Waals surface area contributed by atoms with Crippen molar-refractivity contribution in [1.29, 1.82) is 5.26 Å². The summed E-state index contributed by atoms with van der Waals surface area (Å²) in [5.41, 5.74) is 1.78. The van der Waals surface area contributed by atoms with Gasteiger partial charge in [0.05, 0.1) is 31.3 Å². The molecule has 0 bridgehead atoms. The van der Waals surface area contributed by atoms with E-state index < -0.39 is 0 Å². The number of aromatic nitrogens is 3. The summed E-state index contributed by atoms with van der Waals surface area (Å²) < 4.78 is 6.93. The van der Waals surface area contributed by atoms with Crippen LogP contribution in [-0.2, 0) is 24.1 Å². The molecule has 0 aromatic carbocycles. The second-order valence-corrected chi connectivity index (χ2v) is 4.09. The van der Waals surface area contributed by atoms with Gasteiger partial charge in [-0.25, -0.2) is 4.68 Å². The highest BCUT2D eigenvalue weighted by Crippen LogP contribution is 2.07. The van der Waals surface area contributed by atoms with Crippen LogP contribution in [0.15, 0.2) is 0 Å². The van der Waals surface area contributed by atoms with E-state index in [2.05, 4.69) is 21.3 Å². The Hall–Kier alpha value is -1.45. The lowest BCUT2D eigenvalue weighted by molar-refractivity contribution is 0.199. The van der Waals surface area contributed by atoms with Crippen LogP contribution in [0.1, 0.15) is 11.4 Å². The highest BCUT2D eigenvalue weighted by atomic mass is 16.5. The SMILES string of the molecule is COCCc1c(CC#N)nnn1CCN(C)C. The van der Waals surface area contributed by atoms with Gasteiger partial charge in [-0.05, 0) is 14.1 Å². The topological polar surface area (TPSA) is 67.0 Å². The minimum Gasteiger partial charge on any atom is -0.384 e. The van der Waals surface area contributed by atoms with Crippen LogP contribution in [0.4, 0.5) is 0 Å². The lowest BCUT2D eigenvalue weighted by Gasteiger charge is -2.11. The molecule has 6 nitrogen and oxygen atoms in total. The molecule has 1 rings (SSSR count). The molecule has 0 saturated carbocycles. The predicted octanol–water partition coefficient (Wildman–Crippen LogP) is 0.0947. The van der Waals surface area contributed by atoms with E-state index in [0.29, 0.717) is 13.0 Å². The van der Waals surface area contributed by atoms with Crippen molar-refractivity contribution in [1.82, 2.24) is 19.9 Å². The van der Waals surface area contributed by atoms with E-state index in [0.717, 1.165) is 30.9 Å².